The Morgan fingerprint density at radius 1 is 1.34 bits per heavy atom. The molecule has 0 bridgehead atoms. The summed E-state index contributed by atoms with van der Waals surface area (Å²) in [5.41, 5.74) is 0.371. The number of piperidine rings is 1. The highest BCUT2D eigenvalue weighted by Gasteiger charge is 2.19. The Morgan fingerprint density at radius 3 is 2.93 bits per heavy atom. The monoisotopic (exact) mass is 398 g/mol. The molecule has 29 heavy (non-hydrogen) atoms. The van der Waals surface area contributed by atoms with Crippen LogP contribution in [0, 0.1) is 18.7 Å². The Kier molecular flexibility index (Phi) is 5.04. The van der Waals surface area contributed by atoms with Gasteiger partial charge in [-0.25, -0.2) is 18.3 Å². The Labute approximate surface area is 167 Å². The van der Waals surface area contributed by atoms with Crippen molar-refractivity contribution in [1.82, 2.24) is 19.2 Å². The third kappa shape index (κ3) is 3.98. The Hall–Kier alpha value is -3.23. The van der Waals surface area contributed by atoms with Crippen LogP contribution in [-0.2, 0) is 11.3 Å². The molecule has 8 nitrogen and oxygen atoms in total. The maximum Gasteiger partial charge on any atom is 0.352 e. The lowest BCUT2D eigenvalue weighted by Crippen LogP contribution is -2.34. The number of amides is 1. The molecule has 1 amide bonds. The summed E-state index contributed by atoms with van der Waals surface area (Å²) in [7, 11) is 0. The van der Waals surface area contributed by atoms with Crippen LogP contribution in [0.2, 0.25) is 0 Å². The van der Waals surface area contributed by atoms with Crippen LogP contribution in [0.15, 0.2) is 35.3 Å². The van der Waals surface area contributed by atoms with Crippen LogP contribution >= 0.6 is 0 Å². The fraction of sp³-hybridized carbons (Fsp3) is 0.400. The van der Waals surface area contributed by atoms with E-state index in [1.807, 2.05) is 0 Å². The van der Waals surface area contributed by atoms with Gasteiger partial charge < -0.3 is 10.2 Å². The molecule has 1 N–H and O–H groups in total. The van der Waals surface area contributed by atoms with Gasteiger partial charge in [0.05, 0.1) is 0 Å². The van der Waals surface area contributed by atoms with Crippen molar-refractivity contribution in [2.45, 2.75) is 33.2 Å². The summed E-state index contributed by atoms with van der Waals surface area (Å²) in [6.07, 6.45) is 3.94. The third-order valence-corrected chi connectivity index (χ3v) is 5.17. The molecule has 1 aromatic carbocycles. The zero-order valence-corrected chi connectivity index (χ0v) is 16.4. The van der Waals surface area contributed by atoms with Gasteiger partial charge in [0.15, 0.2) is 0 Å². The first-order valence-electron chi connectivity index (χ1n) is 9.68. The average Bonchev–Trinajstić information content (AvgIpc) is 2.99. The summed E-state index contributed by atoms with van der Waals surface area (Å²) in [6, 6.07) is 6.23. The average molecular weight is 398 g/mol. The lowest BCUT2D eigenvalue weighted by Gasteiger charge is -2.31. The lowest BCUT2D eigenvalue weighted by molar-refractivity contribution is -0.117. The molecule has 3 aromatic rings. The molecule has 0 unspecified atom stereocenters. The van der Waals surface area contributed by atoms with Crippen molar-refractivity contribution < 1.29 is 9.18 Å². The van der Waals surface area contributed by atoms with E-state index in [0.717, 1.165) is 30.0 Å². The first-order chi connectivity index (χ1) is 13.9. The third-order valence-electron chi connectivity index (χ3n) is 5.17. The number of halogens is 1. The molecule has 1 aliphatic rings. The molecule has 1 fully saturated rings. The number of aryl methyl sites for hydroxylation is 1. The summed E-state index contributed by atoms with van der Waals surface area (Å²) in [5.74, 6) is 0.748. The van der Waals surface area contributed by atoms with E-state index >= 15 is 0 Å². The number of rotatable bonds is 4. The normalized spacial score (nSPS) is 16.9. The second kappa shape index (κ2) is 7.65. The number of benzene rings is 1. The van der Waals surface area contributed by atoms with Gasteiger partial charge in [0, 0.05) is 25.0 Å². The van der Waals surface area contributed by atoms with E-state index in [0.29, 0.717) is 17.2 Å². The van der Waals surface area contributed by atoms with Gasteiger partial charge in [-0.15, -0.1) is 5.10 Å². The summed E-state index contributed by atoms with van der Waals surface area (Å²) in [4.78, 5) is 31.5. The van der Waals surface area contributed by atoms with Crippen molar-refractivity contribution in [3.63, 3.8) is 0 Å². The first-order valence-corrected chi connectivity index (χ1v) is 9.68. The molecule has 1 saturated heterocycles. The number of carbonyl (C=O) groups excluding carboxylic acids is 1. The van der Waals surface area contributed by atoms with E-state index in [1.165, 1.54) is 16.9 Å². The smallest absolute Gasteiger partial charge is 0.352 e. The van der Waals surface area contributed by atoms with Crippen molar-refractivity contribution in [2.24, 2.45) is 5.92 Å². The number of nitrogens with one attached hydrogen (secondary N) is 1. The highest BCUT2D eigenvalue weighted by Crippen LogP contribution is 2.21. The fourth-order valence-electron chi connectivity index (χ4n) is 3.58. The van der Waals surface area contributed by atoms with Gasteiger partial charge in [-0.05, 0) is 49.4 Å². The van der Waals surface area contributed by atoms with Gasteiger partial charge >= 0.3 is 5.69 Å². The fourth-order valence-corrected chi connectivity index (χ4v) is 3.58. The highest BCUT2D eigenvalue weighted by atomic mass is 19.1. The largest absolute Gasteiger partial charge is 0.356 e. The quantitative estimate of drug-likeness (QED) is 0.728. The first kappa shape index (κ1) is 19.1. The minimum absolute atomic E-state index is 0.250. The van der Waals surface area contributed by atoms with E-state index in [-0.39, 0.29) is 12.3 Å². The van der Waals surface area contributed by atoms with E-state index in [2.05, 4.69) is 27.2 Å². The molecule has 1 aliphatic heterocycles. The zero-order chi connectivity index (χ0) is 20.5. The van der Waals surface area contributed by atoms with Crippen molar-refractivity contribution in [3.05, 3.63) is 52.3 Å². The van der Waals surface area contributed by atoms with Gasteiger partial charge in [-0.3, -0.25) is 4.79 Å². The Morgan fingerprint density at radius 2 is 2.17 bits per heavy atom. The van der Waals surface area contributed by atoms with E-state index in [4.69, 9.17) is 0 Å². The van der Waals surface area contributed by atoms with Crippen molar-refractivity contribution >= 4 is 23.2 Å². The predicted molar refractivity (Wildman–Crippen MR) is 108 cm³/mol. The number of carbonyl (C=O) groups is 1. The number of anilines is 2. The molecule has 9 heteroatoms. The van der Waals surface area contributed by atoms with Gasteiger partial charge in [0.2, 0.25) is 5.91 Å². The number of nitrogens with zero attached hydrogens (tertiary/aromatic N) is 5. The minimum atomic E-state index is -0.469. The van der Waals surface area contributed by atoms with Crippen LogP contribution in [-0.4, -0.2) is 38.2 Å². The van der Waals surface area contributed by atoms with E-state index in [9.17, 15) is 14.0 Å². The van der Waals surface area contributed by atoms with E-state index in [1.54, 1.807) is 31.3 Å². The van der Waals surface area contributed by atoms with Gasteiger partial charge in [-0.2, -0.15) is 4.98 Å². The topological polar surface area (TPSA) is 84.5 Å². The predicted octanol–water partition coefficient (Wildman–Crippen LogP) is 2.21. The van der Waals surface area contributed by atoms with Crippen LogP contribution in [0.4, 0.5) is 15.9 Å². The number of fused-ring (bicyclic) bond motifs is 1. The number of hydrogen-bond donors (Lipinski definition) is 1. The SMILES string of the molecule is Cc1ccc(NC(=O)Cn2nc3nc(N4CCC[C@H](C)C4)ccn3c2=O)cc1F. The van der Waals surface area contributed by atoms with Crippen molar-refractivity contribution in [2.75, 3.05) is 23.3 Å². The second-order valence-electron chi connectivity index (χ2n) is 7.60. The minimum Gasteiger partial charge on any atom is -0.356 e. The van der Waals surface area contributed by atoms with Crippen LogP contribution in [0.5, 0.6) is 0 Å². The van der Waals surface area contributed by atoms with Crippen LogP contribution < -0.4 is 15.9 Å². The number of hydrogen-bond acceptors (Lipinski definition) is 5. The molecule has 4 rings (SSSR count). The molecule has 0 spiro atoms. The summed E-state index contributed by atoms with van der Waals surface area (Å²) in [5, 5.41) is 6.78. The van der Waals surface area contributed by atoms with Gasteiger partial charge in [0.1, 0.15) is 18.2 Å². The molecule has 0 radical (unpaired) electrons. The van der Waals surface area contributed by atoms with Crippen LogP contribution in [0.25, 0.3) is 5.78 Å². The molecular weight excluding hydrogens is 375 g/mol. The molecule has 2 aromatic heterocycles. The molecule has 1 atom stereocenters. The summed E-state index contributed by atoms with van der Waals surface area (Å²) >= 11 is 0. The second-order valence-corrected chi connectivity index (χ2v) is 7.60. The van der Waals surface area contributed by atoms with Crippen molar-refractivity contribution in [3.8, 4) is 0 Å². The molecule has 152 valence electrons. The molecule has 0 aliphatic carbocycles. The zero-order valence-electron chi connectivity index (χ0n) is 16.4. The number of aromatic nitrogens is 4. The van der Waals surface area contributed by atoms with E-state index < -0.39 is 17.4 Å². The molecular formula is C20H23FN6O2. The highest BCUT2D eigenvalue weighted by molar-refractivity contribution is 5.90. The molecule has 3 heterocycles. The van der Waals surface area contributed by atoms with Gasteiger partial charge in [-0.1, -0.05) is 13.0 Å². The summed E-state index contributed by atoms with van der Waals surface area (Å²) < 4.78 is 16.0. The summed E-state index contributed by atoms with van der Waals surface area (Å²) in [6.45, 7) is 5.41. The standard InChI is InChI=1S/C20H23FN6O2/c1-13-4-3-8-25(11-13)17-7-9-26-19(23-17)24-27(20(26)29)12-18(28)22-15-6-5-14(2)16(21)10-15/h5-7,9-10,13H,3-4,8,11-12H2,1-2H3,(H,22,28)/t13-/m0/s1. The maximum atomic E-state index is 13.6. The van der Waals surface area contributed by atoms with Gasteiger partial charge in [0.25, 0.3) is 5.78 Å². The van der Waals surface area contributed by atoms with Crippen LogP contribution in [0.1, 0.15) is 25.3 Å². The Bertz CT molecular complexity index is 1120. The van der Waals surface area contributed by atoms with Crippen LogP contribution in [0.3, 0.4) is 0 Å². The lowest BCUT2D eigenvalue weighted by atomic mass is 10.0. The Balaban J connectivity index is 1.53. The van der Waals surface area contributed by atoms with Crippen molar-refractivity contribution in [1.29, 1.82) is 0 Å². The maximum absolute atomic E-state index is 13.6. The molecule has 0 saturated carbocycles.